The molecule has 3 heterocycles. The Labute approximate surface area is 193 Å². The van der Waals surface area contributed by atoms with Crippen LogP contribution in [0.4, 0.5) is 0 Å². The Kier molecular flexibility index (Phi) is 5.75. The van der Waals surface area contributed by atoms with Crippen molar-refractivity contribution in [2.24, 2.45) is 0 Å². The van der Waals surface area contributed by atoms with Crippen LogP contribution in [0.2, 0.25) is 0 Å². The van der Waals surface area contributed by atoms with Gasteiger partial charge in [-0.25, -0.2) is 0 Å². The molecule has 0 saturated heterocycles. The Morgan fingerprint density at radius 2 is 1.94 bits per heavy atom. The second kappa shape index (κ2) is 8.85. The zero-order valence-electron chi connectivity index (χ0n) is 19.4. The van der Waals surface area contributed by atoms with Crippen molar-refractivity contribution in [3.63, 3.8) is 0 Å². The van der Waals surface area contributed by atoms with E-state index in [2.05, 4.69) is 22.3 Å². The number of rotatable bonds is 5. The lowest BCUT2D eigenvalue weighted by Crippen LogP contribution is -2.27. The molecule has 3 aromatic heterocycles. The van der Waals surface area contributed by atoms with E-state index in [1.54, 1.807) is 13.3 Å². The van der Waals surface area contributed by atoms with Crippen LogP contribution in [0.1, 0.15) is 60.7 Å². The van der Waals surface area contributed by atoms with Gasteiger partial charge in [0.1, 0.15) is 11.5 Å². The van der Waals surface area contributed by atoms with Crippen LogP contribution in [-0.2, 0) is 6.54 Å². The van der Waals surface area contributed by atoms with Crippen molar-refractivity contribution in [2.45, 2.75) is 58.4 Å². The minimum Gasteiger partial charge on any atom is -0.496 e. The topological polar surface area (TPSA) is 70.2 Å². The van der Waals surface area contributed by atoms with E-state index in [-0.39, 0.29) is 5.56 Å². The molecule has 1 aromatic carbocycles. The number of hydrogen-bond acceptors (Lipinski definition) is 5. The predicted molar refractivity (Wildman–Crippen MR) is 129 cm³/mol. The maximum absolute atomic E-state index is 13.8. The quantitative estimate of drug-likeness (QED) is 0.391. The first-order valence-corrected chi connectivity index (χ1v) is 11.7. The number of aryl methyl sites for hydroxylation is 2. The third-order valence-corrected chi connectivity index (χ3v) is 6.84. The lowest BCUT2D eigenvalue weighted by molar-refractivity contribution is 0.393. The largest absolute Gasteiger partial charge is 0.496 e. The molecule has 1 aliphatic rings. The van der Waals surface area contributed by atoms with Crippen LogP contribution in [0.5, 0.6) is 5.75 Å². The molecular weight excluding hydrogens is 414 g/mol. The van der Waals surface area contributed by atoms with Gasteiger partial charge in [-0.3, -0.25) is 9.78 Å². The number of pyridine rings is 2. The molecule has 0 amide bonds. The summed E-state index contributed by atoms with van der Waals surface area (Å²) in [6.45, 7) is 4.27. The molecule has 1 aliphatic carbocycles. The number of fused-ring (bicyclic) bond motifs is 1. The number of benzene rings is 1. The van der Waals surface area contributed by atoms with E-state index >= 15 is 0 Å². The molecule has 0 bridgehead atoms. The fourth-order valence-electron chi connectivity index (χ4n) is 5.18. The van der Waals surface area contributed by atoms with Crippen molar-refractivity contribution in [3.8, 4) is 16.9 Å². The van der Waals surface area contributed by atoms with Crippen molar-refractivity contribution in [2.75, 3.05) is 7.11 Å². The van der Waals surface area contributed by atoms with E-state index in [9.17, 15) is 4.79 Å². The summed E-state index contributed by atoms with van der Waals surface area (Å²) in [5.41, 5.74) is 5.38. The Balaban J connectivity index is 1.77. The molecule has 0 atom stereocenters. The number of aromatic nitrogens is 3. The minimum atomic E-state index is 0.0761. The number of hydrogen-bond donors (Lipinski definition) is 0. The number of nitrogens with zero attached hydrogens (tertiary/aromatic N) is 3. The van der Waals surface area contributed by atoms with Gasteiger partial charge in [-0.1, -0.05) is 30.5 Å². The molecule has 0 radical (unpaired) electrons. The fourth-order valence-corrected chi connectivity index (χ4v) is 5.18. The van der Waals surface area contributed by atoms with Crippen LogP contribution in [0.25, 0.3) is 22.0 Å². The van der Waals surface area contributed by atoms with Gasteiger partial charge < -0.3 is 13.8 Å². The average molecular weight is 444 g/mol. The highest BCUT2D eigenvalue weighted by Crippen LogP contribution is 2.39. The van der Waals surface area contributed by atoms with Gasteiger partial charge in [0, 0.05) is 23.4 Å². The summed E-state index contributed by atoms with van der Waals surface area (Å²) >= 11 is 0. The fraction of sp³-hybridized carbons (Fsp3) is 0.370. The number of methoxy groups -OCH3 is 1. The highest BCUT2D eigenvalue weighted by atomic mass is 16.5. The Morgan fingerprint density at radius 3 is 2.61 bits per heavy atom. The summed E-state index contributed by atoms with van der Waals surface area (Å²) in [7, 11) is 1.65. The second-order valence-electron chi connectivity index (χ2n) is 8.96. The summed E-state index contributed by atoms with van der Waals surface area (Å²) in [5, 5.41) is 5.15. The normalized spacial score (nSPS) is 14.6. The molecule has 1 saturated carbocycles. The van der Waals surface area contributed by atoms with Gasteiger partial charge in [-0.2, -0.15) is 0 Å². The monoisotopic (exact) mass is 443 g/mol. The van der Waals surface area contributed by atoms with Crippen LogP contribution >= 0.6 is 0 Å². The molecule has 4 aromatic rings. The Morgan fingerprint density at radius 1 is 1.12 bits per heavy atom. The van der Waals surface area contributed by atoms with E-state index in [0.29, 0.717) is 18.2 Å². The zero-order chi connectivity index (χ0) is 22.9. The van der Waals surface area contributed by atoms with E-state index in [0.717, 1.165) is 57.6 Å². The molecule has 33 heavy (non-hydrogen) atoms. The van der Waals surface area contributed by atoms with E-state index < -0.39 is 0 Å². The van der Waals surface area contributed by atoms with Crippen LogP contribution in [0.3, 0.4) is 0 Å². The summed E-state index contributed by atoms with van der Waals surface area (Å²) in [6, 6.07) is 12.0. The Bertz CT molecular complexity index is 1330. The number of ether oxygens (including phenoxy) is 1. The SMILES string of the molecule is COc1cc2c(cc1-c1c(C)noc1C)cc(C1CCCCC1)c(=O)n2Cc1ccccn1. The first-order valence-electron chi connectivity index (χ1n) is 11.7. The highest BCUT2D eigenvalue weighted by molar-refractivity contribution is 5.90. The van der Waals surface area contributed by atoms with Gasteiger partial charge in [0.15, 0.2) is 0 Å². The highest BCUT2D eigenvalue weighted by Gasteiger charge is 2.23. The molecule has 0 N–H and O–H groups in total. The summed E-state index contributed by atoms with van der Waals surface area (Å²) in [6.07, 6.45) is 7.50. The van der Waals surface area contributed by atoms with Gasteiger partial charge in [0.05, 0.1) is 36.1 Å². The first-order chi connectivity index (χ1) is 16.1. The first kappa shape index (κ1) is 21.4. The van der Waals surface area contributed by atoms with Gasteiger partial charge in [0.25, 0.3) is 5.56 Å². The van der Waals surface area contributed by atoms with Gasteiger partial charge >= 0.3 is 0 Å². The molecule has 5 rings (SSSR count). The summed E-state index contributed by atoms with van der Waals surface area (Å²) in [4.78, 5) is 18.3. The molecule has 1 fully saturated rings. The third-order valence-electron chi connectivity index (χ3n) is 6.84. The summed E-state index contributed by atoms with van der Waals surface area (Å²) in [5.74, 6) is 1.74. The van der Waals surface area contributed by atoms with E-state index in [4.69, 9.17) is 9.26 Å². The van der Waals surface area contributed by atoms with Crippen LogP contribution in [-0.4, -0.2) is 21.8 Å². The molecule has 6 heteroatoms. The van der Waals surface area contributed by atoms with Crippen molar-refractivity contribution >= 4 is 10.9 Å². The maximum atomic E-state index is 13.8. The van der Waals surface area contributed by atoms with Crippen molar-refractivity contribution < 1.29 is 9.26 Å². The average Bonchev–Trinajstić information content (AvgIpc) is 3.18. The lowest BCUT2D eigenvalue weighted by atomic mass is 9.84. The zero-order valence-corrected chi connectivity index (χ0v) is 19.4. The van der Waals surface area contributed by atoms with Crippen LogP contribution in [0, 0.1) is 13.8 Å². The second-order valence-corrected chi connectivity index (χ2v) is 8.96. The molecule has 6 nitrogen and oxygen atoms in total. The van der Waals surface area contributed by atoms with Gasteiger partial charge in [0.2, 0.25) is 0 Å². The standard InChI is InChI=1S/C27H29N3O3/c1-17-26(18(2)33-29-17)23-14-20-13-22(19-9-5-4-6-10-19)27(31)30(24(20)15-25(23)32-3)16-21-11-7-8-12-28-21/h7-8,11-15,19H,4-6,9-10,16H2,1-3H3. The van der Waals surface area contributed by atoms with Crippen LogP contribution in [0.15, 0.2) is 51.9 Å². The molecule has 170 valence electrons. The maximum Gasteiger partial charge on any atom is 0.254 e. The van der Waals surface area contributed by atoms with Gasteiger partial charge in [-0.15, -0.1) is 0 Å². The molecule has 0 unspecified atom stereocenters. The molecular formula is C27H29N3O3. The molecule has 0 spiro atoms. The Hall–Kier alpha value is -3.41. The van der Waals surface area contributed by atoms with E-state index in [1.807, 2.05) is 42.7 Å². The van der Waals surface area contributed by atoms with Crippen molar-refractivity contribution in [1.29, 1.82) is 0 Å². The summed E-state index contributed by atoms with van der Waals surface area (Å²) < 4.78 is 13.1. The van der Waals surface area contributed by atoms with Crippen LogP contribution < -0.4 is 10.3 Å². The lowest BCUT2D eigenvalue weighted by Gasteiger charge is -2.23. The smallest absolute Gasteiger partial charge is 0.254 e. The van der Waals surface area contributed by atoms with Crippen molar-refractivity contribution in [3.05, 3.63) is 75.7 Å². The van der Waals surface area contributed by atoms with E-state index in [1.165, 1.54) is 19.3 Å². The van der Waals surface area contributed by atoms with Gasteiger partial charge in [-0.05, 0) is 62.3 Å². The minimum absolute atomic E-state index is 0.0761. The third kappa shape index (κ3) is 3.94. The van der Waals surface area contributed by atoms with Crippen molar-refractivity contribution in [1.82, 2.24) is 14.7 Å². The molecule has 0 aliphatic heterocycles. The predicted octanol–water partition coefficient (Wildman–Crippen LogP) is 5.77.